The monoisotopic (exact) mass is 1050 g/mol. The molecule has 0 bridgehead atoms. The molecule has 0 aromatic rings. The average molecular weight is 1050 g/mol. The molecule has 74 heavy (non-hydrogen) atoms. The van der Waals surface area contributed by atoms with E-state index in [1.165, 1.54) is 38.5 Å². The fourth-order valence-electron chi connectivity index (χ4n) is 7.22. The van der Waals surface area contributed by atoms with E-state index in [1.807, 2.05) is 21.1 Å². The lowest BCUT2D eigenvalue weighted by atomic mass is 10.1. The Morgan fingerprint density at radius 1 is 0.432 bits per heavy atom. The van der Waals surface area contributed by atoms with Gasteiger partial charge in [-0.25, -0.2) is 4.57 Å². The van der Waals surface area contributed by atoms with E-state index in [9.17, 15) is 19.0 Å². The van der Waals surface area contributed by atoms with Gasteiger partial charge in [-0.1, -0.05) is 218 Å². The van der Waals surface area contributed by atoms with Gasteiger partial charge >= 0.3 is 19.8 Å². The molecule has 0 aromatic carbocycles. The first-order valence-electron chi connectivity index (χ1n) is 28.9. The number of likely N-dealkylation sites (N-methyl/N-ethyl adjacent to an activating group) is 1. The average Bonchev–Trinajstić information content (AvgIpc) is 3.36. The van der Waals surface area contributed by atoms with Gasteiger partial charge in [0.1, 0.15) is 19.8 Å². The van der Waals surface area contributed by atoms with Crippen LogP contribution in [0.5, 0.6) is 0 Å². The molecule has 0 aliphatic heterocycles. The number of nitrogens with zero attached hydrogens (tertiary/aromatic N) is 1. The van der Waals surface area contributed by atoms with Crippen molar-refractivity contribution >= 4 is 19.8 Å². The molecular formula is C64H107NO8P+. The summed E-state index contributed by atoms with van der Waals surface area (Å²) in [4.78, 5) is 35.6. The van der Waals surface area contributed by atoms with Gasteiger partial charge in [-0.05, 0) is 109 Å². The van der Waals surface area contributed by atoms with Crippen molar-refractivity contribution in [3.05, 3.63) is 134 Å². The molecule has 0 rings (SSSR count). The van der Waals surface area contributed by atoms with Crippen LogP contribution in [-0.2, 0) is 32.7 Å². The second-order valence-corrected chi connectivity index (χ2v) is 21.4. The van der Waals surface area contributed by atoms with Crippen LogP contribution in [0.25, 0.3) is 0 Å². The highest BCUT2D eigenvalue weighted by atomic mass is 31.2. The highest BCUT2D eigenvalue weighted by Gasteiger charge is 2.27. The maximum Gasteiger partial charge on any atom is 0.472 e. The molecular weight excluding hydrogens is 942 g/mol. The first-order valence-corrected chi connectivity index (χ1v) is 30.4. The third kappa shape index (κ3) is 57.4. The number of hydrogen-bond donors (Lipinski definition) is 1. The Labute approximate surface area is 453 Å². The lowest BCUT2D eigenvalue weighted by Gasteiger charge is -2.24. The highest BCUT2D eigenvalue weighted by Crippen LogP contribution is 2.43. The summed E-state index contributed by atoms with van der Waals surface area (Å²) in [5.74, 6) is -0.831. The van der Waals surface area contributed by atoms with E-state index in [1.54, 1.807) is 0 Å². The molecule has 2 atom stereocenters. The van der Waals surface area contributed by atoms with Crippen LogP contribution >= 0.6 is 7.82 Å². The van der Waals surface area contributed by atoms with Crippen molar-refractivity contribution in [1.29, 1.82) is 0 Å². The first-order chi connectivity index (χ1) is 36.0. The minimum absolute atomic E-state index is 0.0214. The predicted molar refractivity (Wildman–Crippen MR) is 316 cm³/mol. The van der Waals surface area contributed by atoms with Crippen molar-refractivity contribution in [3.8, 4) is 0 Å². The quantitative estimate of drug-likeness (QED) is 0.0211. The standard InChI is InChI=1S/C64H106NO8P/c1-6-8-10-12-14-16-18-20-21-22-23-24-25-26-27-28-29-30-31-32-33-34-35-36-37-38-39-40-41-42-43-45-47-49-51-53-55-57-64(67)73-62(61-72-74(68,69)71-59-58-65(3,4)5)60-70-63(66)56-54-52-50-48-46-44-19-17-15-13-11-9-7-2/h8,10-11,13-14,16-17,19-21,23-24,26-27,29-30,32-33,35-36,38-39,62H,6-7,9,12,15,18,22,25,28,31,34,37,40-61H2,1-5H3/p+1/b10-8-,13-11-,16-14-,19-17-,21-20-,24-23-,27-26-,30-29-,33-32-,36-35-,39-38-. The number of allylic oxidation sites excluding steroid dienone is 22. The number of carbonyl (C=O) groups excluding carboxylic acids is 2. The van der Waals surface area contributed by atoms with Gasteiger partial charge in [-0.3, -0.25) is 18.6 Å². The van der Waals surface area contributed by atoms with Gasteiger partial charge in [0.2, 0.25) is 0 Å². The topological polar surface area (TPSA) is 108 Å². The molecule has 0 aliphatic rings. The third-order valence-corrected chi connectivity index (χ3v) is 12.6. The Morgan fingerprint density at radius 2 is 0.770 bits per heavy atom. The lowest BCUT2D eigenvalue weighted by molar-refractivity contribution is -0.870. The summed E-state index contributed by atoms with van der Waals surface area (Å²) >= 11 is 0. The van der Waals surface area contributed by atoms with E-state index in [-0.39, 0.29) is 32.0 Å². The molecule has 0 amide bonds. The van der Waals surface area contributed by atoms with Gasteiger partial charge in [-0.15, -0.1) is 0 Å². The van der Waals surface area contributed by atoms with Gasteiger partial charge in [0.25, 0.3) is 0 Å². The summed E-state index contributed by atoms with van der Waals surface area (Å²) in [7, 11) is 1.45. The van der Waals surface area contributed by atoms with Crippen molar-refractivity contribution in [2.24, 2.45) is 0 Å². The molecule has 0 aromatic heterocycles. The highest BCUT2D eigenvalue weighted by molar-refractivity contribution is 7.47. The number of phosphoric acid groups is 1. The summed E-state index contributed by atoms with van der Waals surface area (Å²) < 4.78 is 34.5. The summed E-state index contributed by atoms with van der Waals surface area (Å²) in [5, 5.41) is 0. The minimum Gasteiger partial charge on any atom is -0.462 e. The normalized spacial score (nSPS) is 14.3. The number of esters is 2. The molecule has 0 spiro atoms. The van der Waals surface area contributed by atoms with Crippen LogP contribution in [0.3, 0.4) is 0 Å². The Morgan fingerprint density at radius 3 is 1.15 bits per heavy atom. The lowest BCUT2D eigenvalue weighted by Crippen LogP contribution is -2.37. The third-order valence-electron chi connectivity index (χ3n) is 11.6. The first kappa shape index (κ1) is 70.1. The predicted octanol–water partition coefficient (Wildman–Crippen LogP) is 18.1. The smallest absolute Gasteiger partial charge is 0.462 e. The van der Waals surface area contributed by atoms with Crippen LogP contribution in [0.15, 0.2) is 134 Å². The van der Waals surface area contributed by atoms with Crippen molar-refractivity contribution < 1.29 is 42.1 Å². The summed E-state index contributed by atoms with van der Waals surface area (Å²) in [6, 6.07) is 0. The van der Waals surface area contributed by atoms with Crippen molar-refractivity contribution in [2.75, 3.05) is 47.5 Å². The number of unbranched alkanes of at least 4 members (excludes halogenated alkanes) is 15. The van der Waals surface area contributed by atoms with Crippen molar-refractivity contribution in [2.45, 2.75) is 213 Å². The van der Waals surface area contributed by atoms with Gasteiger partial charge in [-0.2, -0.15) is 0 Å². The Kier molecular flexibility index (Phi) is 51.2. The molecule has 2 unspecified atom stereocenters. The van der Waals surface area contributed by atoms with E-state index >= 15 is 0 Å². The van der Waals surface area contributed by atoms with E-state index in [0.29, 0.717) is 23.9 Å². The molecule has 0 aliphatic carbocycles. The van der Waals surface area contributed by atoms with Crippen LogP contribution in [0.2, 0.25) is 0 Å². The second-order valence-electron chi connectivity index (χ2n) is 19.9. The zero-order chi connectivity index (χ0) is 54.2. The zero-order valence-electron chi connectivity index (χ0n) is 47.5. The number of rotatable bonds is 51. The van der Waals surface area contributed by atoms with Crippen molar-refractivity contribution in [3.63, 3.8) is 0 Å². The van der Waals surface area contributed by atoms with Crippen LogP contribution in [0.1, 0.15) is 206 Å². The molecule has 0 saturated heterocycles. The van der Waals surface area contributed by atoms with E-state index in [4.69, 9.17) is 18.5 Å². The Hall–Kier alpha value is -3.85. The maximum absolute atomic E-state index is 12.8. The van der Waals surface area contributed by atoms with Gasteiger partial charge in [0.05, 0.1) is 27.7 Å². The van der Waals surface area contributed by atoms with Crippen LogP contribution in [-0.4, -0.2) is 74.9 Å². The molecule has 0 fully saturated rings. The van der Waals surface area contributed by atoms with Gasteiger partial charge < -0.3 is 18.9 Å². The fraction of sp³-hybridized carbons (Fsp3) is 0.625. The molecule has 9 nitrogen and oxygen atoms in total. The minimum atomic E-state index is -4.40. The van der Waals surface area contributed by atoms with E-state index in [2.05, 4.69) is 148 Å². The maximum atomic E-state index is 12.8. The molecule has 0 heterocycles. The summed E-state index contributed by atoms with van der Waals surface area (Å²) in [6.07, 6.45) is 78.1. The second kappa shape index (κ2) is 54.0. The largest absolute Gasteiger partial charge is 0.472 e. The molecule has 0 saturated carbocycles. The number of hydrogen-bond acceptors (Lipinski definition) is 7. The number of quaternary nitrogens is 1. The Balaban J connectivity index is 4.13. The molecule has 0 radical (unpaired) electrons. The summed E-state index contributed by atoms with van der Waals surface area (Å²) in [5.41, 5.74) is 0. The zero-order valence-corrected chi connectivity index (χ0v) is 48.4. The molecule has 1 N–H and O–H groups in total. The number of ether oxygens (including phenoxy) is 2. The summed E-state index contributed by atoms with van der Waals surface area (Å²) in [6.45, 7) is 4.20. The van der Waals surface area contributed by atoms with Crippen LogP contribution < -0.4 is 0 Å². The van der Waals surface area contributed by atoms with E-state index in [0.717, 1.165) is 128 Å². The van der Waals surface area contributed by atoms with Gasteiger partial charge in [0, 0.05) is 12.8 Å². The number of phosphoric ester groups is 1. The van der Waals surface area contributed by atoms with Gasteiger partial charge in [0.15, 0.2) is 6.10 Å². The SMILES string of the molecule is CC/C=C\C/C=C\C/C=C\C/C=C\C/C=C\C/C=C\C/C=C\C/C=C\C/C=C\CCCCCCCCCCCC(=O)OC(COC(=O)CCCCCCC/C=C\C/C=C\CCC)COP(=O)(O)OCC[N+](C)(C)C. The fourth-order valence-corrected chi connectivity index (χ4v) is 7.96. The van der Waals surface area contributed by atoms with Crippen molar-refractivity contribution in [1.82, 2.24) is 0 Å². The van der Waals surface area contributed by atoms with Crippen LogP contribution in [0, 0.1) is 0 Å². The molecule has 420 valence electrons. The van der Waals surface area contributed by atoms with Crippen LogP contribution in [0.4, 0.5) is 0 Å². The van der Waals surface area contributed by atoms with E-state index < -0.39 is 26.5 Å². The molecule has 10 heteroatoms. The number of carbonyl (C=O) groups is 2. The Bertz CT molecular complexity index is 1710.